The Labute approximate surface area is 293 Å². The molecule has 0 saturated heterocycles. The topological polar surface area (TPSA) is 150 Å². The number of nitrogens with one attached hydrogen (secondary N) is 2. The molecule has 1 aromatic carbocycles. The van der Waals surface area contributed by atoms with E-state index in [1.807, 2.05) is 53.0 Å². The second-order valence-electron chi connectivity index (χ2n) is 14.0. The van der Waals surface area contributed by atoms with Gasteiger partial charge in [-0.3, -0.25) is 19.5 Å². The van der Waals surface area contributed by atoms with Gasteiger partial charge in [0.05, 0.1) is 29.9 Å². The van der Waals surface area contributed by atoms with Crippen molar-refractivity contribution >= 4 is 29.4 Å². The molecule has 5 rings (SSSR count). The Morgan fingerprint density at radius 2 is 1.80 bits per heavy atom. The molecule has 50 heavy (non-hydrogen) atoms. The zero-order valence-corrected chi connectivity index (χ0v) is 29.9. The maximum absolute atomic E-state index is 13.5. The van der Waals surface area contributed by atoms with E-state index in [1.54, 1.807) is 36.6 Å². The summed E-state index contributed by atoms with van der Waals surface area (Å²) in [6.45, 7) is 15.2. The molecule has 3 heterocycles. The first-order valence-electron chi connectivity index (χ1n) is 17.0. The highest BCUT2D eigenvalue weighted by molar-refractivity contribution is 6.07. The normalized spacial score (nSPS) is 15.6. The number of pyridine rings is 2. The van der Waals surface area contributed by atoms with Crippen LogP contribution in [-0.2, 0) is 4.74 Å². The Morgan fingerprint density at radius 1 is 1.04 bits per heavy atom. The number of carbonyl (C=O) groups is 3. The summed E-state index contributed by atoms with van der Waals surface area (Å²) in [6.07, 6.45) is 4.69. The number of carbonyl (C=O) groups excluding carboxylic acids is 3. The summed E-state index contributed by atoms with van der Waals surface area (Å²) >= 11 is 0. The van der Waals surface area contributed by atoms with Crippen LogP contribution in [-0.4, -0.2) is 81.4 Å². The predicted octanol–water partition coefficient (Wildman–Crippen LogP) is 5.69. The van der Waals surface area contributed by atoms with Crippen LogP contribution in [0.5, 0.6) is 5.75 Å². The molecule has 12 nitrogen and oxygen atoms in total. The molecule has 1 fully saturated rings. The van der Waals surface area contributed by atoms with E-state index >= 15 is 0 Å². The average molecular weight is 681 g/mol. The SMILES string of the molecule is CCNC(=O)c1cc(C(=O)Nc2ncc(C#N)cc2C)c(C)cc1O[C@H](CN1CC[N+](C(=O)OC(C)(C)C)=C(C)C1)c1ccc(C2CC2)cn1. The van der Waals surface area contributed by atoms with Crippen molar-refractivity contribution in [2.75, 3.05) is 38.0 Å². The first-order chi connectivity index (χ1) is 23.8. The second-order valence-corrected chi connectivity index (χ2v) is 14.0. The Bertz CT molecular complexity index is 1850. The van der Waals surface area contributed by atoms with E-state index in [2.05, 4.69) is 26.6 Å². The van der Waals surface area contributed by atoms with E-state index in [4.69, 9.17) is 14.5 Å². The van der Waals surface area contributed by atoms with Gasteiger partial charge in [-0.25, -0.2) is 4.98 Å². The Morgan fingerprint density at radius 3 is 2.40 bits per heavy atom. The zero-order chi connectivity index (χ0) is 36.2. The lowest BCUT2D eigenvalue weighted by Gasteiger charge is -2.30. The summed E-state index contributed by atoms with van der Waals surface area (Å²) in [5.41, 5.74) is 4.31. The van der Waals surface area contributed by atoms with E-state index in [0.29, 0.717) is 72.6 Å². The number of anilines is 1. The molecule has 2 N–H and O–H groups in total. The summed E-state index contributed by atoms with van der Waals surface area (Å²) in [5.74, 6) is 0.373. The third-order valence-corrected chi connectivity index (χ3v) is 8.64. The van der Waals surface area contributed by atoms with Gasteiger partial charge in [0, 0.05) is 38.0 Å². The largest absolute Gasteiger partial charge is 0.596 e. The number of rotatable bonds is 10. The molecule has 3 aromatic rings. The first kappa shape index (κ1) is 36.1. The minimum atomic E-state index is -0.596. The van der Waals surface area contributed by atoms with Crippen LogP contribution in [0, 0.1) is 25.2 Å². The first-order valence-corrected chi connectivity index (χ1v) is 17.0. The van der Waals surface area contributed by atoms with Crippen molar-refractivity contribution in [1.82, 2.24) is 20.2 Å². The minimum Gasteiger partial charge on any atom is -0.482 e. The minimum absolute atomic E-state index is 0.212. The summed E-state index contributed by atoms with van der Waals surface area (Å²) in [5, 5.41) is 14.8. The molecular weight excluding hydrogens is 634 g/mol. The van der Waals surface area contributed by atoms with Gasteiger partial charge in [0.15, 0.2) is 18.4 Å². The molecule has 2 aromatic heterocycles. The fourth-order valence-electron chi connectivity index (χ4n) is 5.88. The van der Waals surface area contributed by atoms with Crippen LogP contribution in [0.2, 0.25) is 0 Å². The summed E-state index contributed by atoms with van der Waals surface area (Å²) < 4.78 is 14.0. The van der Waals surface area contributed by atoms with Gasteiger partial charge in [-0.15, -0.1) is 4.58 Å². The van der Waals surface area contributed by atoms with Crippen molar-refractivity contribution in [2.45, 2.75) is 78.9 Å². The van der Waals surface area contributed by atoms with Gasteiger partial charge < -0.3 is 20.1 Å². The number of aryl methyl sites for hydroxylation is 2. The Balaban J connectivity index is 1.45. The van der Waals surface area contributed by atoms with E-state index in [0.717, 1.165) is 18.6 Å². The molecule has 12 heteroatoms. The van der Waals surface area contributed by atoms with Crippen molar-refractivity contribution in [3.05, 3.63) is 81.8 Å². The zero-order valence-electron chi connectivity index (χ0n) is 29.9. The molecule has 0 radical (unpaired) electrons. The molecule has 1 atom stereocenters. The molecule has 3 amide bonds. The average Bonchev–Trinajstić information content (AvgIpc) is 3.91. The highest BCUT2D eigenvalue weighted by Gasteiger charge is 2.34. The summed E-state index contributed by atoms with van der Waals surface area (Å²) in [4.78, 5) is 51.1. The Hall–Kier alpha value is -5.15. The van der Waals surface area contributed by atoms with Gasteiger partial charge in [-0.2, -0.15) is 10.1 Å². The van der Waals surface area contributed by atoms with Gasteiger partial charge in [-0.1, -0.05) is 6.07 Å². The van der Waals surface area contributed by atoms with Crippen LogP contribution in [0.3, 0.4) is 0 Å². The highest BCUT2D eigenvalue weighted by atomic mass is 16.6. The fourth-order valence-corrected chi connectivity index (χ4v) is 5.88. The van der Waals surface area contributed by atoms with Gasteiger partial charge >= 0.3 is 6.09 Å². The molecule has 1 aliphatic carbocycles. The molecule has 1 saturated carbocycles. The lowest BCUT2D eigenvalue weighted by Crippen LogP contribution is -2.48. The highest BCUT2D eigenvalue weighted by Crippen LogP contribution is 2.40. The van der Waals surface area contributed by atoms with Crippen molar-refractivity contribution in [1.29, 1.82) is 5.26 Å². The molecule has 0 spiro atoms. The van der Waals surface area contributed by atoms with Gasteiger partial charge in [0.2, 0.25) is 0 Å². The van der Waals surface area contributed by atoms with Crippen molar-refractivity contribution < 1.29 is 28.4 Å². The van der Waals surface area contributed by atoms with Crippen molar-refractivity contribution in [3.63, 3.8) is 0 Å². The smallest absolute Gasteiger partial charge is 0.482 e. The van der Waals surface area contributed by atoms with Crippen LogP contribution in [0.1, 0.15) is 108 Å². The molecule has 0 bridgehead atoms. The number of aromatic nitrogens is 2. The monoisotopic (exact) mass is 680 g/mol. The predicted molar refractivity (Wildman–Crippen MR) is 189 cm³/mol. The van der Waals surface area contributed by atoms with Crippen LogP contribution in [0.4, 0.5) is 10.6 Å². The third kappa shape index (κ3) is 8.90. The van der Waals surface area contributed by atoms with E-state index < -0.39 is 17.6 Å². The number of amides is 3. The van der Waals surface area contributed by atoms with Gasteiger partial charge in [-0.05, 0) is 101 Å². The second kappa shape index (κ2) is 15.2. The maximum atomic E-state index is 13.5. The van der Waals surface area contributed by atoms with E-state index in [-0.39, 0.29) is 23.1 Å². The van der Waals surface area contributed by atoms with Crippen LogP contribution < -0.4 is 15.4 Å². The standard InChI is InChI=1S/C38H45N7O5/c1-8-40-35(46)30-17-29(36(47)43-34-24(3)15-26(18-39)19-42-34)23(2)16-32(30)49-33(31-12-11-28(20-41-31)27-9-10-27)22-44-13-14-45(25(4)21-44)37(48)50-38(5,6)7/h11-12,15-17,19-20,27,33H,8-10,13-14,21-22H2,1-7H3,(H-,40,42,43,46,47)/p+1/t33-/m1/s1. The molecule has 2 aliphatic rings. The lowest BCUT2D eigenvalue weighted by atomic mass is 10.0. The number of hydrogen-bond donors (Lipinski definition) is 2. The molecule has 1 aliphatic heterocycles. The van der Waals surface area contributed by atoms with Crippen molar-refractivity contribution in [3.8, 4) is 11.8 Å². The molecular formula is C38H46N7O5+. The number of hydrogen-bond acceptors (Lipinski definition) is 9. The number of ether oxygens (including phenoxy) is 2. The summed E-state index contributed by atoms with van der Waals surface area (Å²) in [7, 11) is 0. The molecule has 262 valence electrons. The van der Waals surface area contributed by atoms with Gasteiger partial charge in [0.1, 0.15) is 23.2 Å². The number of benzene rings is 1. The third-order valence-electron chi connectivity index (χ3n) is 8.64. The Kier molecular flexibility index (Phi) is 11.0. The number of nitriles is 1. The van der Waals surface area contributed by atoms with Crippen LogP contribution in [0.15, 0.2) is 42.7 Å². The van der Waals surface area contributed by atoms with Crippen LogP contribution in [0.25, 0.3) is 0 Å². The van der Waals surface area contributed by atoms with Crippen molar-refractivity contribution in [2.24, 2.45) is 0 Å². The van der Waals surface area contributed by atoms with E-state index in [9.17, 15) is 19.6 Å². The lowest BCUT2D eigenvalue weighted by molar-refractivity contribution is -0.458. The maximum Gasteiger partial charge on any atom is 0.596 e. The molecule has 0 unspecified atom stereocenters. The quantitative estimate of drug-likeness (QED) is 0.258. The fraction of sp³-hybridized carbons (Fsp3) is 0.447. The van der Waals surface area contributed by atoms with E-state index in [1.165, 1.54) is 11.8 Å². The van der Waals surface area contributed by atoms with Gasteiger partial charge in [0.25, 0.3) is 11.8 Å². The number of nitrogens with zero attached hydrogens (tertiary/aromatic N) is 5. The summed E-state index contributed by atoms with van der Waals surface area (Å²) in [6, 6.07) is 11.0. The van der Waals surface area contributed by atoms with Crippen LogP contribution >= 0.6 is 0 Å².